The number of hydrogen-bond donors (Lipinski definition) is 0. The molecule has 0 aromatic heterocycles. The van der Waals surface area contributed by atoms with E-state index in [4.69, 9.17) is 0 Å². The van der Waals surface area contributed by atoms with Gasteiger partial charge in [0.2, 0.25) is 0 Å². The van der Waals surface area contributed by atoms with E-state index in [2.05, 4.69) is 0 Å². The zero-order valence-electron chi connectivity index (χ0n) is 5.14. The van der Waals surface area contributed by atoms with E-state index in [9.17, 15) is 4.79 Å². The second kappa shape index (κ2) is 6.63. The molecule has 0 unspecified atom stereocenters. The molecule has 0 fully saturated rings. The van der Waals surface area contributed by atoms with E-state index < -0.39 is 0 Å². The molecule has 1 radical (unpaired) electrons. The maximum atomic E-state index is 9.57. The number of nitrogens with zero attached hydrogens (tertiary/aromatic N) is 1. The van der Waals surface area contributed by atoms with Gasteiger partial charge in [0, 0.05) is 29.6 Å². The molecule has 0 atom stereocenters. The summed E-state index contributed by atoms with van der Waals surface area (Å²) in [7, 11) is 3.71. The van der Waals surface area contributed by atoms with Gasteiger partial charge in [-0.1, -0.05) is 0 Å². The normalized spacial score (nSPS) is 7.86. The Labute approximate surface area is 66.2 Å². The van der Waals surface area contributed by atoms with Crippen LogP contribution in [0, 0.1) is 0 Å². The van der Waals surface area contributed by atoms with Crippen LogP contribution in [0.2, 0.25) is 0 Å². The molecule has 0 saturated carbocycles. The second-order valence-corrected chi connectivity index (χ2v) is 1.43. The number of rotatable bonds is 2. The minimum absolute atomic E-state index is 0. The van der Waals surface area contributed by atoms with Gasteiger partial charge in [-0.2, -0.15) is 0 Å². The van der Waals surface area contributed by atoms with E-state index in [1.165, 1.54) is 0 Å². The van der Waals surface area contributed by atoms with E-state index in [1.807, 2.05) is 19.0 Å². The number of aldehydes is 1. The van der Waals surface area contributed by atoms with Crippen LogP contribution in [0.25, 0.3) is 0 Å². The van der Waals surface area contributed by atoms with Gasteiger partial charge in [-0.3, -0.25) is 0 Å². The third-order valence-corrected chi connectivity index (χ3v) is 0.440. The first-order valence-corrected chi connectivity index (χ1v) is 1.85. The maximum absolute atomic E-state index is 9.57. The standard InChI is InChI=1S/C4H9NO.Na/c1-5(2)3-4-6;/h4H,3H2,1-2H3;. The molecule has 0 N–H and O–H groups in total. The average molecular weight is 110 g/mol. The first kappa shape index (κ1) is 10.6. The Kier molecular flexibility index (Phi) is 10.0. The molecular formula is C4H9NNaO. The summed E-state index contributed by atoms with van der Waals surface area (Å²) in [6.45, 7) is 0.528. The molecule has 0 aromatic carbocycles. The van der Waals surface area contributed by atoms with Gasteiger partial charge in [0.1, 0.15) is 6.29 Å². The van der Waals surface area contributed by atoms with Crippen molar-refractivity contribution in [2.75, 3.05) is 20.6 Å². The Morgan fingerprint density at radius 2 is 2.00 bits per heavy atom. The van der Waals surface area contributed by atoms with Gasteiger partial charge in [-0.15, -0.1) is 0 Å². The van der Waals surface area contributed by atoms with Crippen LogP contribution >= 0.6 is 0 Å². The van der Waals surface area contributed by atoms with Crippen molar-refractivity contribution < 1.29 is 4.79 Å². The van der Waals surface area contributed by atoms with Gasteiger partial charge in [0.05, 0.1) is 6.54 Å². The first-order valence-electron chi connectivity index (χ1n) is 1.85. The van der Waals surface area contributed by atoms with Crippen LogP contribution < -0.4 is 0 Å². The fourth-order valence-corrected chi connectivity index (χ4v) is 0.149. The van der Waals surface area contributed by atoms with Gasteiger partial charge in [0.15, 0.2) is 0 Å². The molecular weight excluding hydrogens is 101 g/mol. The first-order chi connectivity index (χ1) is 2.77. The van der Waals surface area contributed by atoms with E-state index in [1.54, 1.807) is 0 Å². The van der Waals surface area contributed by atoms with Crippen molar-refractivity contribution in [3.63, 3.8) is 0 Å². The van der Waals surface area contributed by atoms with E-state index in [-0.39, 0.29) is 29.6 Å². The van der Waals surface area contributed by atoms with Gasteiger partial charge < -0.3 is 9.69 Å². The second-order valence-electron chi connectivity index (χ2n) is 1.43. The van der Waals surface area contributed by atoms with Crippen molar-refractivity contribution in [2.45, 2.75) is 0 Å². The summed E-state index contributed by atoms with van der Waals surface area (Å²) in [5, 5.41) is 0. The van der Waals surface area contributed by atoms with Crippen molar-refractivity contribution in [3.8, 4) is 0 Å². The monoisotopic (exact) mass is 110 g/mol. The summed E-state index contributed by atoms with van der Waals surface area (Å²) in [5.41, 5.74) is 0. The fourth-order valence-electron chi connectivity index (χ4n) is 0.149. The van der Waals surface area contributed by atoms with Crippen LogP contribution in [0.1, 0.15) is 0 Å². The molecule has 0 saturated heterocycles. The zero-order chi connectivity index (χ0) is 4.99. The molecule has 0 bridgehead atoms. The van der Waals surface area contributed by atoms with Gasteiger partial charge in [-0.25, -0.2) is 0 Å². The third-order valence-electron chi connectivity index (χ3n) is 0.440. The predicted molar refractivity (Wildman–Crippen MR) is 30.4 cm³/mol. The van der Waals surface area contributed by atoms with Crippen molar-refractivity contribution in [1.82, 2.24) is 4.90 Å². The molecule has 0 aliphatic carbocycles. The summed E-state index contributed by atoms with van der Waals surface area (Å²) in [6, 6.07) is 0. The molecule has 0 aliphatic heterocycles. The number of hydrogen-bond acceptors (Lipinski definition) is 2. The average Bonchev–Trinajstić information content (AvgIpc) is 1.35. The minimum atomic E-state index is 0. The SMILES string of the molecule is CN(C)CC=O.[Na]. The Morgan fingerprint density at radius 1 is 1.57 bits per heavy atom. The van der Waals surface area contributed by atoms with E-state index >= 15 is 0 Å². The van der Waals surface area contributed by atoms with Crippen LogP contribution in [0.3, 0.4) is 0 Å². The molecule has 0 aliphatic rings. The Morgan fingerprint density at radius 3 is 2.00 bits per heavy atom. The quantitative estimate of drug-likeness (QED) is 0.348. The molecule has 0 spiro atoms. The largest absolute Gasteiger partial charge is 0.303 e. The molecule has 37 valence electrons. The van der Waals surface area contributed by atoms with Gasteiger partial charge >= 0.3 is 0 Å². The molecule has 0 rings (SSSR count). The van der Waals surface area contributed by atoms with Crippen LogP contribution in [-0.4, -0.2) is 61.4 Å². The Balaban J connectivity index is 0. The molecule has 0 heterocycles. The zero-order valence-corrected chi connectivity index (χ0v) is 7.14. The predicted octanol–water partition coefficient (Wildman–Crippen LogP) is -0.634. The fraction of sp³-hybridized carbons (Fsp3) is 0.750. The van der Waals surface area contributed by atoms with E-state index in [0.29, 0.717) is 6.54 Å². The number of likely N-dealkylation sites (N-methyl/N-ethyl adjacent to an activating group) is 1. The van der Waals surface area contributed by atoms with Crippen molar-refractivity contribution >= 4 is 35.8 Å². The summed E-state index contributed by atoms with van der Waals surface area (Å²) in [6.07, 6.45) is 0.875. The minimum Gasteiger partial charge on any atom is -0.303 e. The van der Waals surface area contributed by atoms with Crippen LogP contribution in [0.15, 0.2) is 0 Å². The topological polar surface area (TPSA) is 20.3 Å². The van der Waals surface area contributed by atoms with Crippen molar-refractivity contribution in [3.05, 3.63) is 0 Å². The van der Waals surface area contributed by atoms with Crippen molar-refractivity contribution in [1.29, 1.82) is 0 Å². The summed E-state index contributed by atoms with van der Waals surface area (Å²) >= 11 is 0. The molecule has 7 heavy (non-hydrogen) atoms. The maximum Gasteiger partial charge on any atom is 0.133 e. The van der Waals surface area contributed by atoms with E-state index in [0.717, 1.165) is 6.29 Å². The molecule has 3 heteroatoms. The van der Waals surface area contributed by atoms with Crippen LogP contribution in [0.4, 0.5) is 0 Å². The van der Waals surface area contributed by atoms with Crippen LogP contribution in [-0.2, 0) is 4.79 Å². The molecule has 0 aromatic rings. The van der Waals surface area contributed by atoms with Gasteiger partial charge in [-0.05, 0) is 14.1 Å². The third kappa shape index (κ3) is 10.8. The Hall–Kier alpha value is 0.630. The summed E-state index contributed by atoms with van der Waals surface area (Å²) < 4.78 is 0. The number of carbonyl (C=O) groups excluding carboxylic acids is 1. The van der Waals surface area contributed by atoms with Crippen LogP contribution in [0.5, 0.6) is 0 Å². The summed E-state index contributed by atoms with van der Waals surface area (Å²) in [5.74, 6) is 0. The smallest absolute Gasteiger partial charge is 0.133 e. The molecule has 2 nitrogen and oxygen atoms in total. The van der Waals surface area contributed by atoms with Gasteiger partial charge in [0.25, 0.3) is 0 Å². The Bertz CT molecular complexity index is 47.0. The molecule has 0 amide bonds. The summed E-state index contributed by atoms with van der Waals surface area (Å²) in [4.78, 5) is 11.4. The van der Waals surface area contributed by atoms with Crippen molar-refractivity contribution in [2.24, 2.45) is 0 Å². The number of carbonyl (C=O) groups is 1.